The Morgan fingerprint density at radius 2 is 1.88 bits per heavy atom. The zero-order valence-corrected chi connectivity index (χ0v) is 19.7. The van der Waals surface area contributed by atoms with Crippen LogP contribution in [0.5, 0.6) is 5.75 Å². The quantitative estimate of drug-likeness (QED) is 0.464. The Morgan fingerprint density at radius 3 is 2.28 bits per heavy atom. The molecule has 1 aromatic carbocycles. The van der Waals surface area contributed by atoms with Crippen LogP contribution in [0.1, 0.15) is 39.0 Å². The zero-order chi connectivity index (χ0) is 23.8. The zero-order valence-electron chi connectivity index (χ0n) is 19.7. The van der Waals surface area contributed by atoms with Crippen molar-refractivity contribution in [3.8, 4) is 11.4 Å². The van der Waals surface area contributed by atoms with Gasteiger partial charge in [-0.05, 0) is 52.3 Å². The van der Waals surface area contributed by atoms with E-state index in [-0.39, 0.29) is 30.2 Å². The number of alkyl halides is 2. The average molecular weight is 441 g/mol. The van der Waals surface area contributed by atoms with Crippen molar-refractivity contribution in [1.82, 2.24) is 9.78 Å². The van der Waals surface area contributed by atoms with Crippen LogP contribution in [0, 0.1) is 20.8 Å². The number of hydrogen-bond acceptors (Lipinski definition) is 5. The molecule has 1 aromatic heterocycles. The second-order valence-corrected chi connectivity index (χ2v) is 7.68. The number of halogens is 2. The van der Waals surface area contributed by atoms with Gasteiger partial charge in [0.15, 0.2) is 0 Å². The van der Waals surface area contributed by atoms with E-state index in [1.807, 2.05) is 17.9 Å². The molecule has 0 amide bonds. The molecule has 0 bridgehead atoms. The van der Waals surface area contributed by atoms with Crippen LogP contribution in [-0.4, -0.2) is 41.6 Å². The number of anilines is 1. The van der Waals surface area contributed by atoms with Gasteiger partial charge in [0.25, 0.3) is 0 Å². The van der Waals surface area contributed by atoms with E-state index in [2.05, 4.69) is 35.0 Å². The van der Waals surface area contributed by atoms with Crippen LogP contribution in [0.15, 0.2) is 30.8 Å². The molecule has 0 radical (unpaired) electrons. The van der Waals surface area contributed by atoms with Gasteiger partial charge in [-0.25, -0.2) is 4.68 Å². The molecule has 2 rings (SSSR count). The van der Waals surface area contributed by atoms with E-state index < -0.39 is 6.61 Å². The van der Waals surface area contributed by atoms with Crippen molar-refractivity contribution in [2.24, 2.45) is 0 Å². The first-order valence-electron chi connectivity index (χ1n) is 9.63. The summed E-state index contributed by atoms with van der Waals surface area (Å²) in [6, 6.07) is 6.94. The van der Waals surface area contributed by atoms with E-state index >= 15 is 0 Å². The summed E-state index contributed by atoms with van der Waals surface area (Å²) in [6.45, 7) is 20.0. The fraction of sp³-hybridized carbons (Fsp3) is 0.391. The molecule has 0 N–H and O–H groups in total. The summed E-state index contributed by atoms with van der Waals surface area (Å²) in [5.74, 6) is 0.815. The molecule has 0 fully saturated rings. The second kappa shape index (κ2) is 13.3. The third-order valence-corrected chi connectivity index (χ3v) is 3.97. The van der Waals surface area contributed by atoms with Crippen LogP contribution in [-0.2, 0) is 9.53 Å². The minimum absolute atomic E-state index is 0. The molecular weight excluding hydrogens is 411 g/mol. The predicted octanol–water partition coefficient (Wildman–Crippen LogP) is 2.16. The van der Waals surface area contributed by atoms with Crippen molar-refractivity contribution < 1.29 is 41.9 Å². The number of benzene rings is 1. The molecule has 0 spiro atoms. The molecule has 0 aliphatic rings. The molecule has 2 aromatic rings. The Bertz CT molecular complexity index is 876. The maximum absolute atomic E-state index is 12.7. The molecule has 32 heavy (non-hydrogen) atoms. The fourth-order valence-corrected chi connectivity index (χ4v) is 2.53. The van der Waals surface area contributed by atoms with Gasteiger partial charge in [0, 0.05) is 23.4 Å². The number of aromatic nitrogens is 2. The molecule has 9 heteroatoms. The number of ether oxygens (including phenoxy) is 2. The van der Waals surface area contributed by atoms with Crippen molar-refractivity contribution in [1.29, 1.82) is 0 Å². The standard InChI is InChI=1S/C18H21F2N3O.C5H9O2.Li/c1-6-22(7-2)17-10-13(5)23(21-17)14-8-9-15(12(3)4)16(11-14)24-18(19)20;1-5(2,3)7-4-6;/h8-11,18H,1-3,6-7H2,4-5H3;1-3H3;/q-2;-1;+1. The van der Waals surface area contributed by atoms with Crippen molar-refractivity contribution in [2.45, 2.75) is 46.8 Å². The summed E-state index contributed by atoms with van der Waals surface area (Å²) >= 11 is 0. The van der Waals surface area contributed by atoms with Gasteiger partial charge in [-0.2, -0.15) is 13.9 Å². The Hall–Kier alpha value is -2.30. The third kappa shape index (κ3) is 9.05. The van der Waals surface area contributed by atoms with E-state index in [0.29, 0.717) is 29.9 Å². The van der Waals surface area contributed by atoms with Gasteiger partial charge < -0.3 is 33.0 Å². The summed E-state index contributed by atoms with van der Waals surface area (Å²) in [5.41, 5.74) is 2.31. The Morgan fingerprint density at radius 1 is 1.28 bits per heavy atom. The largest absolute Gasteiger partial charge is 1.00 e. The molecule has 0 saturated carbocycles. The molecule has 0 aliphatic carbocycles. The van der Waals surface area contributed by atoms with Gasteiger partial charge in [0.2, 0.25) is 0 Å². The van der Waals surface area contributed by atoms with Gasteiger partial charge in [-0.3, -0.25) is 0 Å². The SMILES string of the molecule is C=C(C)c1ccc(-n2nc(N(C[CH2-])C[CH2-])cc2C)cc1OC(F)F.CC(C)(C)O[C-]=O.[Li+]. The van der Waals surface area contributed by atoms with E-state index in [9.17, 15) is 13.6 Å². The average Bonchev–Trinajstić information content (AvgIpc) is 3.03. The third-order valence-electron chi connectivity index (χ3n) is 3.97. The topological polar surface area (TPSA) is 56.6 Å². The normalized spacial score (nSPS) is 10.6. The minimum Gasteiger partial charge on any atom is -0.649 e. The first-order valence-corrected chi connectivity index (χ1v) is 9.63. The van der Waals surface area contributed by atoms with Gasteiger partial charge in [0.1, 0.15) is 11.6 Å². The van der Waals surface area contributed by atoms with Gasteiger partial charge in [-0.1, -0.05) is 13.1 Å². The van der Waals surface area contributed by atoms with Gasteiger partial charge in [-0.15, -0.1) is 13.1 Å². The first-order chi connectivity index (χ1) is 14.4. The Labute approximate surface area is 201 Å². The van der Waals surface area contributed by atoms with Crippen molar-refractivity contribution >= 4 is 17.9 Å². The van der Waals surface area contributed by atoms with Crippen LogP contribution in [0.3, 0.4) is 0 Å². The summed E-state index contributed by atoms with van der Waals surface area (Å²) < 4.78 is 36.1. The Balaban J connectivity index is 0.00000104. The maximum atomic E-state index is 12.7. The van der Waals surface area contributed by atoms with Crippen LogP contribution < -0.4 is 28.5 Å². The summed E-state index contributed by atoms with van der Waals surface area (Å²) in [6.07, 6.45) is 0. The number of rotatable bonds is 8. The fourth-order valence-electron chi connectivity index (χ4n) is 2.53. The molecule has 6 nitrogen and oxygen atoms in total. The number of allylic oxidation sites excluding steroid dienone is 1. The van der Waals surface area contributed by atoms with E-state index in [1.54, 1.807) is 50.6 Å². The molecule has 0 saturated heterocycles. The van der Waals surface area contributed by atoms with Crippen LogP contribution in [0.4, 0.5) is 14.6 Å². The Kier molecular flexibility index (Phi) is 12.3. The van der Waals surface area contributed by atoms with Crippen LogP contribution in [0.25, 0.3) is 11.3 Å². The summed E-state index contributed by atoms with van der Waals surface area (Å²) in [5, 5.41) is 4.51. The van der Waals surface area contributed by atoms with Crippen molar-refractivity contribution in [3.63, 3.8) is 0 Å². The monoisotopic (exact) mass is 441 g/mol. The van der Waals surface area contributed by atoms with Crippen LogP contribution >= 0.6 is 0 Å². The summed E-state index contributed by atoms with van der Waals surface area (Å²) in [4.78, 5) is 11.4. The molecule has 0 atom stereocenters. The molecule has 0 unspecified atom stereocenters. The van der Waals surface area contributed by atoms with E-state index in [0.717, 1.165) is 11.5 Å². The van der Waals surface area contributed by atoms with Crippen LogP contribution in [0.2, 0.25) is 0 Å². The molecule has 0 aliphatic heterocycles. The van der Waals surface area contributed by atoms with Crippen molar-refractivity contribution in [3.05, 3.63) is 55.9 Å². The molecule has 172 valence electrons. The van der Waals surface area contributed by atoms with Gasteiger partial charge >= 0.3 is 25.5 Å². The second-order valence-electron chi connectivity index (χ2n) is 7.68. The van der Waals surface area contributed by atoms with E-state index in [1.165, 1.54) is 6.47 Å². The maximum Gasteiger partial charge on any atom is 1.00 e. The first kappa shape index (κ1) is 29.7. The predicted molar refractivity (Wildman–Crippen MR) is 119 cm³/mol. The van der Waals surface area contributed by atoms with Gasteiger partial charge in [0.05, 0.1) is 11.3 Å². The molecular formula is C23H30F2LiN3O3-2. The number of hydrogen-bond donors (Lipinski definition) is 0. The summed E-state index contributed by atoms with van der Waals surface area (Å²) in [7, 11) is 0. The smallest absolute Gasteiger partial charge is 0.649 e. The van der Waals surface area contributed by atoms with E-state index in [4.69, 9.17) is 0 Å². The number of carbonyl (C=O) groups excluding carboxylic acids is 1. The minimum atomic E-state index is -2.90. The van der Waals surface area contributed by atoms with Crippen molar-refractivity contribution in [2.75, 3.05) is 18.0 Å². The number of aryl methyl sites for hydroxylation is 1. The number of nitrogens with zero attached hydrogens (tertiary/aromatic N) is 3. The molecule has 1 heterocycles.